The lowest BCUT2D eigenvalue weighted by Gasteiger charge is -2.67. The minimum Gasteiger partial charge on any atom is -0.393 e. The van der Waals surface area contributed by atoms with Crippen LogP contribution < -0.4 is 0 Å². The van der Waals surface area contributed by atoms with Crippen molar-refractivity contribution < 1.29 is 19.3 Å². The molecule has 0 unspecified atom stereocenters. The summed E-state index contributed by atoms with van der Waals surface area (Å²) in [6.45, 7) is 14.3. The molecule has 0 amide bonds. The molecule has 0 bridgehead atoms. The number of hydrogen-bond acceptors (Lipinski definition) is 4. The van der Waals surface area contributed by atoms with Gasteiger partial charge < -0.3 is 19.3 Å². The van der Waals surface area contributed by atoms with Crippen LogP contribution in [0.4, 0.5) is 0 Å². The molecular weight excluding hydrogens is 328 g/mol. The van der Waals surface area contributed by atoms with Gasteiger partial charge in [0.05, 0.1) is 30.5 Å². The highest BCUT2D eigenvalue weighted by atomic mass is 16.7. The van der Waals surface area contributed by atoms with Crippen molar-refractivity contribution >= 4 is 0 Å². The molecule has 2 heterocycles. The standard InChI is InChI=1S/C22H38O4/c1-15-7-8-16-20(5)14-24-18(2,3)25-17(20)9-10-21(16,6)22(15)12-11-19(4,13-23)26-22/h15-17,23H,7-14H2,1-6H3/t15-,16-,17-,19-,20+,21+,22+/m1/s1. The van der Waals surface area contributed by atoms with Crippen molar-refractivity contribution in [3.63, 3.8) is 0 Å². The molecule has 4 rings (SSSR count). The van der Waals surface area contributed by atoms with E-state index in [1.54, 1.807) is 0 Å². The largest absolute Gasteiger partial charge is 0.393 e. The summed E-state index contributed by atoms with van der Waals surface area (Å²) >= 11 is 0. The number of aliphatic hydroxyl groups excluding tert-OH is 1. The zero-order chi connectivity index (χ0) is 19.0. The minimum absolute atomic E-state index is 0.0389. The molecule has 1 spiro atoms. The summed E-state index contributed by atoms with van der Waals surface area (Å²) in [6, 6.07) is 0. The first-order valence-corrected chi connectivity index (χ1v) is 10.6. The molecule has 150 valence electrons. The molecule has 4 fully saturated rings. The van der Waals surface area contributed by atoms with Gasteiger partial charge in [0.2, 0.25) is 0 Å². The Hall–Kier alpha value is -0.160. The molecule has 2 saturated heterocycles. The van der Waals surface area contributed by atoms with Crippen LogP contribution in [-0.4, -0.2) is 41.4 Å². The van der Waals surface area contributed by atoms with Gasteiger partial charge in [0, 0.05) is 10.8 Å². The maximum Gasteiger partial charge on any atom is 0.163 e. The summed E-state index contributed by atoms with van der Waals surface area (Å²) in [5, 5.41) is 9.94. The van der Waals surface area contributed by atoms with E-state index >= 15 is 0 Å². The first-order valence-electron chi connectivity index (χ1n) is 10.6. The molecule has 4 heteroatoms. The first-order chi connectivity index (χ1) is 12.0. The third kappa shape index (κ3) is 2.41. The average molecular weight is 367 g/mol. The van der Waals surface area contributed by atoms with Crippen molar-refractivity contribution in [2.75, 3.05) is 13.2 Å². The lowest BCUT2D eigenvalue weighted by molar-refractivity contribution is -0.358. The van der Waals surface area contributed by atoms with Gasteiger partial charge in [0.15, 0.2) is 5.79 Å². The molecule has 4 nitrogen and oxygen atoms in total. The molecule has 7 atom stereocenters. The van der Waals surface area contributed by atoms with Crippen LogP contribution in [0.2, 0.25) is 0 Å². The van der Waals surface area contributed by atoms with Crippen LogP contribution in [0.25, 0.3) is 0 Å². The van der Waals surface area contributed by atoms with Gasteiger partial charge in [-0.1, -0.05) is 20.8 Å². The van der Waals surface area contributed by atoms with Crippen LogP contribution in [0, 0.1) is 22.7 Å². The Morgan fingerprint density at radius 1 is 0.962 bits per heavy atom. The molecule has 2 aliphatic carbocycles. The Kier molecular flexibility index (Phi) is 4.19. The fraction of sp³-hybridized carbons (Fsp3) is 1.00. The zero-order valence-corrected chi connectivity index (χ0v) is 17.6. The van der Waals surface area contributed by atoms with Gasteiger partial charge in [0.25, 0.3) is 0 Å². The summed E-state index contributed by atoms with van der Waals surface area (Å²) in [6.07, 6.45) is 6.90. The summed E-state index contributed by atoms with van der Waals surface area (Å²) < 4.78 is 19.4. The van der Waals surface area contributed by atoms with E-state index in [-0.39, 0.29) is 29.1 Å². The Labute approximate surface area is 159 Å². The molecule has 2 aliphatic heterocycles. The first kappa shape index (κ1) is 19.2. The number of rotatable bonds is 1. The summed E-state index contributed by atoms with van der Waals surface area (Å²) in [7, 11) is 0. The average Bonchev–Trinajstić information content (AvgIpc) is 2.94. The van der Waals surface area contributed by atoms with Crippen LogP contribution in [0.3, 0.4) is 0 Å². The van der Waals surface area contributed by atoms with Crippen LogP contribution in [0.5, 0.6) is 0 Å². The molecule has 1 N–H and O–H groups in total. The van der Waals surface area contributed by atoms with E-state index in [2.05, 4.69) is 27.7 Å². The maximum absolute atomic E-state index is 9.94. The van der Waals surface area contributed by atoms with Crippen molar-refractivity contribution in [1.82, 2.24) is 0 Å². The quantitative estimate of drug-likeness (QED) is 0.752. The molecular formula is C22H38O4. The maximum atomic E-state index is 9.94. The zero-order valence-electron chi connectivity index (χ0n) is 17.6. The van der Waals surface area contributed by atoms with E-state index in [9.17, 15) is 5.11 Å². The molecule has 0 aromatic rings. The number of aliphatic hydroxyl groups is 1. The Balaban J connectivity index is 1.71. The number of hydrogen-bond donors (Lipinski definition) is 1. The topological polar surface area (TPSA) is 47.9 Å². The molecule has 4 aliphatic rings. The predicted octanol–water partition coefficient (Wildman–Crippen LogP) is 4.29. The van der Waals surface area contributed by atoms with E-state index < -0.39 is 11.4 Å². The molecule has 0 aromatic heterocycles. The smallest absolute Gasteiger partial charge is 0.163 e. The lowest BCUT2D eigenvalue weighted by Crippen LogP contribution is -2.68. The summed E-state index contributed by atoms with van der Waals surface area (Å²) in [5.74, 6) is 0.581. The van der Waals surface area contributed by atoms with Crippen molar-refractivity contribution in [2.45, 2.75) is 103 Å². The Bertz CT molecular complexity index is 576. The van der Waals surface area contributed by atoms with Crippen molar-refractivity contribution in [1.29, 1.82) is 0 Å². The normalized spacial score (nSPS) is 56.2. The van der Waals surface area contributed by atoms with E-state index in [4.69, 9.17) is 14.2 Å². The van der Waals surface area contributed by atoms with Crippen molar-refractivity contribution in [3.8, 4) is 0 Å². The molecule has 26 heavy (non-hydrogen) atoms. The van der Waals surface area contributed by atoms with E-state index in [0.29, 0.717) is 11.8 Å². The van der Waals surface area contributed by atoms with Gasteiger partial charge >= 0.3 is 0 Å². The SMILES string of the molecule is C[C@@H]1CC[C@@H]2[C@]3(C)COC(C)(C)O[C@@H]3CC[C@]2(C)[C@]12CC[C@](C)(CO)O2. The van der Waals surface area contributed by atoms with Crippen LogP contribution in [0.1, 0.15) is 80.1 Å². The van der Waals surface area contributed by atoms with Gasteiger partial charge in [-0.3, -0.25) is 0 Å². The third-order valence-corrected chi connectivity index (χ3v) is 8.82. The predicted molar refractivity (Wildman–Crippen MR) is 101 cm³/mol. The Morgan fingerprint density at radius 3 is 2.35 bits per heavy atom. The van der Waals surface area contributed by atoms with Gasteiger partial charge in [-0.2, -0.15) is 0 Å². The van der Waals surface area contributed by atoms with Gasteiger partial charge in [-0.25, -0.2) is 0 Å². The van der Waals surface area contributed by atoms with E-state index in [0.717, 1.165) is 32.3 Å². The number of fused-ring (bicyclic) bond motifs is 4. The summed E-state index contributed by atoms with van der Waals surface area (Å²) in [4.78, 5) is 0. The fourth-order valence-corrected chi connectivity index (χ4v) is 7.20. The second kappa shape index (κ2) is 5.68. The molecule has 2 saturated carbocycles. The molecule has 0 radical (unpaired) electrons. The van der Waals surface area contributed by atoms with Gasteiger partial charge in [-0.15, -0.1) is 0 Å². The highest BCUT2D eigenvalue weighted by Crippen LogP contribution is 2.68. The lowest BCUT2D eigenvalue weighted by atomic mass is 9.43. The van der Waals surface area contributed by atoms with Crippen molar-refractivity contribution in [2.24, 2.45) is 22.7 Å². The fourth-order valence-electron chi connectivity index (χ4n) is 7.20. The highest BCUT2D eigenvalue weighted by Gasteiger charge is 2.69. The highest BCUT2D eigenvalue weighted by molar-refractivity contribution is 5.17. The van der Waals surface area contributed by atoms with Crippen LogP contribution in [0.15, 0.2) is 0 Å². The number of ether oxygens (including phenoxy) is 3. The van der Waals surface area contributed by atoms with Crippen LogP contribution >= 0.6 is 0 Å². The van der Waals surface area contributed by atoms with Crippen molar-refractivity contribution in [3.05, 3.63) is 0 Å². The van der Waals surface area contributed by atoms with E-state index in [1.165, 1.54) is 12.8 Å². The monoisotopic (exact) mass is 366 g/mol. The summed E-state index contributed by atoms with van der Waals surface area (Å²) in [5.41, 5.74) is -0.374. The minimum atomic E-state index is -0.475. The molecule has 0 aromatic carbocycles. The van der Waals surface area contributed by atoms with Crippen LogP contribution in [-0.2, 0) is 14.2 Å². The van der Waals surface area contributed by atoms with Gasteiger partial charge in [0.1, 0.15) is 0 Å². The van der Waals surface area contributed by atoms with Gasteiger partial charge in [-0.05, 0) is 71.1 Å². The van der Waals surface area contributed by atoms with E-state index in [1.807, 2.05) is 13.8 Å². The second-order valence-electron chi connectivity index (χ2n) is 10.9. The second-order valence-corrected chi connectivity index (χ2v) is 10.9. The third-order valence-electron chi connectivity index (χ3n) is 8.82. The Morgan fingerprint density at radius 2 is 1.69 bits per heavy atom.